The lowest BCUT2D eigenvalue weighted by Crippen LogP contribution is -2.46. The van der Waals surface area contributed by atoms with Crippen LogP contribution >= 0.6 is 0 Å². The molecule has 0 radical (unpaired) electrons. The van der Waals surface area contributed by atoms with Crippen LogP contribution in [0.5, 0.6) is 5.75 Å². The van der Waals surface area contributed by atoms with Crippen LogP contribution in [0.15, 0.2) is 78.9 Å². The fourth-order valence-electron chi connectivity index (χ4n) is 4.62. The number of anilines is 3. The number of likely N-dealkylation sites (N-methyl/N-ethyl adjacent to an activating group) is 1. The Morgan fingerprint density at radius 3 is 2.31 bits per heavy atom. The molecule has 1 fully saturated rings. The van der Waals surface area contributed by atoms with E-state index in [0.29, 0.717) is 22.8 Å². The zero-order chi connectivity index (χ0) is 29.9. The summed E-state index contributed by atoms with van der Waals surface area (Å²) in [7, 11) is 1.63. The summed E-state index contributed by atoms with van der Waals surface area (Å²) in [6.45, 7) is 0.978. The number of hydrogen-bond acceptors (Lipinski definition) is 6. The van der Waals surface area contributed by atoms with Gasteiger partial charge in [0.25, 0.3) is 0 Å². The summed E-state index contributed by atoms with van der Waals surface area (Å²) in [4.78, 5) is 54.1. The SMILES string of the molecule is Cc1cccc(NC(=O)NCC(=O)N(CC(=O)N(C)c2ccccc2)c2cccc(OCC(=O)OC3CCCC3)c2)c1. The lowest BCUT2D eigenvalue weighted by Gasteiger charge is -2.26. The highest BCUT2D eigenvalue weighted by atomic mass is 16.6. The summed E-state index contributed by atoms with van der Waals surface area (Å²) in [6.07, 6.45) is 3.75. The molecule has 0 atom stereocenters. The molecule has 10 heteroatoms. The minimum atomic E-state index is -0.556. The first kappa shape index (κ1) is 30.1. The van der Waals surface area contributed by atoms with E-state index in [1.807, 2.05) is 37.3 Å². The van der Waals surface area contributed by atoms with Gasteiger partial charge in [-0.25, -0.2) is 9.59 Å². The molecule has 1 saturated carbocycles. The minimum Gasteiger partial charge on any atom is -0.482 e. The van der Waals surface area contributed by atoms with E-state index >= 15 is 0 Å². The predicted octanol–water partition coefficient (Wildman–Crippen LogP) is 4.68. The fourth-order valence-corrected chi connectivity index (χ4v) is 4.62. The van der Waals surface area contributed by atoms with E-state index in [1.165, 1.54) is 9.80 Å². The highest BCUT2D eigenvalue weighted by molar-refractivity contribution is 6.05. The molecule has 0 saturated heterocycles. The Balaban J connectivity index is 1.44. The van der Waals surface area contributed by atoms with Crippen molar-refractivity contribution in [3.05, 3.63) is 84.4 Å². The average molecular weight is 573 g/mol. The van der Waals surface area contributed by atoms with Crippen molar-refractivity contribution in [1.82, 2.24) is 5.32 Å². The first-order valence-electron chi connectivity index (χ1n) is 13.9. The maximum Gasteiger partial charge on any atom is 0.344 e. The molecule has 0 spiro atoms. The summed E-state index contributed by atoms with van der Waals surface area (Å²) in [5, 5.41) is 5.26. The van der Waals surface area contributed by atoms with Gasteiger partial charge in [-0.3, -0.25) is 9.59 Å². The van der Waals surface area contributed by atoms with Crippen LogP contribution in [0, 0.1) is 6.92 Å². The first-order chi connectivity index (χ1) is 20.3. The number of nitrogens with zero attached hydrogens (tertiary/aromatic N) is 2. The number of benzene rings is 3. The van der Waals surface area contributed by atoms with Gasteiger partial charge in [-0.15, -0.1) is 0 Å². The molecule has 1 aliphatic carbocycles. The maximum absolute atomic E-state index is 13.4. The summed E-state index contributed by atoms with van der Waals surface area (Å²) >= 11 is 0. The molecule has 1 aliphatic rings. The van der Waals surface area contributed by atoms with Crippen molar-refractivity contribution in [2.45, 2.75) is 38.7 Å². The van der Waals surface area contributed by atoms with Gasteiger partial charge in [0.05, 0.1) is 6.54 Å². The Morgan fingerprint density at radius 2 is 1.57 bits per heavy atom. The summed E-state index contributed by atoms with van der Waals surface area (Å²) in [5.74, 6) is -0.973. The molecule has 42 heavy (non-hydrogen) atoms. The van der Waals surface area contributed by atoms with E-state index < -0.39 is 17.9 Å². The zero-order valence-electron chi connectivity index (χ0n) is 23.9. The Labute approximate surface area is 245 Å². The van der Waals surface area contributed by atoms with Crippen molar-refractivity contribution in [3.63, 3.8) is 0 Å². The van der Waals surface area contributed by atoms with Crippen molar-refractivity contribution < 1.29 is 28.7 Å². The van der Waals surface area contributed by atoms with E-state index in [1.54, 1.807) is 55.6 Å². The van der Waals surface area contributed by atoms with Gasteiger partial charge in [-0.2, -0.15) is 0 Å². The summed E-state index contributed by atoms with van der Waals surface area (Å²) < 4.78 is 11.1. The van der Waals surface area contributed by atoms with Crippen LogP contribution in [0.25, 0.3) is 0 Å². The van der Waals surface area contributed by atoms with Crippen LogP contribution < -0.4 is 25.2 Å². The molecular weight excluding hydrogens is 536 g/mol. The molecule has 0 bridgehead atoms. The molecule has 220 valence electrons. The third kappa shape index (κ3) is 8.82. The van der Waals surface area contributed by atoms with E-state index in [-0.39, 0.29) is 31.7 Å². The number of carbonyl (C=O) groups excluding carboxylic acids is 4. The van der Waals surface area contributed by atoms with Gasteiger partial charge in [0, 0.05) is 30.2 Å². The molecule has 10 nitrogen and oxygen atoms in total. The van der Waals surface area contributed by atoms with Crippen LogP contribution in [0.3, 0.4) is 0 Å². The molecule has 4 amide bonds. The van der Waals surface area contributed by atoms with Crippen molar-refractivity contribution in [2.75, 3.05) is 41.9 Å². The van der Waals surface area contributed by atoms with Gasteiger partial charge in [-0.05, 0) is 74.6 Å². The summed E-state index contributed by atoms with van der Waals surface area (Å²) in [6, 6.07) is 22.3. The number of esters is 1. The molecule has 0 aromatic heterocycles. The Hall–Kier alpha value is -4.86. The standard InChI is InChI=1S/C32H36N4O6/c1-23-10-8-11-24(18-23)34-32(40)33-20-29(37)36(21-30(38)35(2)25-12-4-3-5-13-25)26-14-9-17-28(19-26)41-22-31(39)42-27-15-6-7-16-27/h3-5,8-14,17-19,27H,6-7,15-16,20-22H2,1-2H3,(H2,33,34,40). The van der Waals surface area contributed by atoms with Gasteiger partial charge in [-0.1, -0.05) is 36.4 Å². The topological polar surface area (TPSA) is 117 Å². The molecule has 3 aromatic rings. The monoisotopic (exact) mass is 572 g/mol. The molecule has 0 unspecified atom stereocenters. The second-order valence-corrected chi connectivity index (χ2v) is 10.1. The third-order valence-corrected chi connectivity index (χ3v) is 6.87. The quantitative estimate of drug-likeness (QED) is 0.323. The largest absolute Gasteiger partial charge is 0.482 e. The second kappa shape index (κ2) is 14.7. The number of hydrogen-bond donors (Lipinski definition) is 2. The van der Waals surface area contributed by atoms with Crippen LogP contribution in [-0.2, 0) is 19.1 Å². The third-order valence-electron chi connectivity index (χ3n) is 6.87. The number of urea groups is 1. The number of nitrogens with one attached hydrogen (secondary N) is 2. The summed E-state index contributed by atoms with van der Waals surface area (Å²) in [5.41, 5.74) is 2.61. The Kier molecular flexibility index (Phi) is 10.5. The van der Waals surface area contributed by atoms with Gasteiger partial charge in [0.1, 0.15) is 18.4 Å². The number of ether oxygens (including phenoxy) is 2. The minimum absolute atomic E-state index is 0.0659. The normalized spacial score (nSPS) is 12.7. The lowest BCUT2D eigenvalue weighted by atomic mass is 10.2. The van der Waals surface area contributed by atoms with E-state index in [9.17, 15) is 19.2 Å². The highest BCUT2D eigenvalue weighted by Gasteiger charge is 2.23. The average Bonchev–Trinajstić information content (AvgIpc) is 3.50. The zero-order valence-corrected chi connectivity index (χ0v) is 23.9. The number of rotatable bonds is 11. The predicted molar refractivity (Wildman–Crippen MR) is 161 cm³/mol. The molecule has 3 aromatic carbocycles. The van der Waals surface area contributed by atoms with Crippen molar-refractivity contribution in [3.8, 4) is 5.75 Å². The smallest absolute Gasteiger partial charge is 0.344 e. The van der Waals surface area contributed by atoms with Crippen molar-refractivity contribution in [2.24, 2.45) is 0 Å². The van der Waals surface area contributed by atoms with Gasteiger partial charge in [0.2, 0.25) is 11.8 Å². The van der Waals surface area contributed by atoms with Crippen LogP contribution in [0.2, 0.25) is 0 Å². The van der Waals surface area contributed by atoms with Crippen molar-refractivity contribution in [1.29, 1.82) is 0 Å². The molecule has 0 heterocycles. The second-order valence-electron chi connectivity index (χ2n) is 10.1. The van der Waals surface area contributed by atoms with E-state index in [4.69, 9.17) is 9.47 Å². The van der Waals surface area contributed by atoms with E-state index in [2.05, 4.69) is 10.6 Å². The Bertz CT molecular complexity index is 1390. The maximum atomic E-state index is 13.4. The lowest BCUT2D eigenvalue weighted by molar-refractivity contribution is -0.151. The highest BCUT2D eigenvalue weighted by Crippen LogP contribution is 2.24. The van der Waals surface area contributed by atoms with Crippen molar-refractivity contribution >= 4 is 40.9 Å². The number of aryl methyl sites for hydroxylation is 1. The van der Waals surface area contributed by atoms with Gasteiger partial charge >= 0.3 is 12.0 Å². The number of amides is 4. The number of carbonyl (C=O) groups is 4. The fraction of sp³-hybridized carbons (Fsp3) is 0.312. The van der Waals surface area contributed by atoms with Crippen LogP contribution in [0.4, 0.5) is 21.9 Å². The molecular formula is C32H36N4O6. The molecule has 2 N–H and O–H groups in total. The van der Waals surface area contributed by atoms with Gasteiger partial charge in [0.15, 0.2) is 6.61 Å². The Morgan fingerprint density at radius 1 is 0.857 bits per heavy atom. The van der Waals surface area contributed by atoms with E-state index in [0.717, 1.165) is 31.2 Å². The van der Waals surface area contributed by atoms with Crippen LogP contribution in [-0.4, -0.2) is 56.7 Å². The number of para-hydroxylation sites is 1. The molecule has 4 rings (SSSR count). The van der Waals surface area contributed by atoms with Crippen LogP contribution in [0.1, 0.15) is 31.2 Å². The first-order valence-corrected chi connectivity index (χ1v) is 13.9. The van der Waals surface area contributed by atoms with Gasteiger partial charge < -0.3 is 29.9 Å². The molecule has 0 aliphatic heterocycles.